The van der Waals surface area contributed by atoms with Crippen molar-refractivity contribution in [1.82, 2.24) is 19.9 Å². The van der Waals surface area contributed by atoms with Gasteiger partial charge in [0.1, 0.15) is 0 Å². The fraction of sp³-hybridized carbons (Fsp3) is 0.550. The normalized spacial score (nSPS) is 24.8. The Bertz CT molecular complexity index is 808. The highest BCUT2D eigenvalue weighted by molar-refractivity contribution is 5.77. The molecule has 3 aliphatic rings. The minimum atomic E-state index is 0.164. The van der Waals surface area contributed by atoms with Gasteiger partial charge in [-0.1, -0.05) is 23.4 Å². The van der Waals surface area contributed by atoms with Crippen LogP contribution in [0.25, 0.3) is 11.5 Å². The van der Waals surface area contributed by atoms with Crippen molar-refractivity contribution in [3.63, 3.8) is 0 Å². The van der Waals surface area contributed by atoms with E-state index in [-0.39, 0.29) is 11.5 Å². The number of aromatic nitrogens is 2. The third kappa shape index (κ3) is 2.82. The van der Waals surface area contributed by atoms with E-state index in [0.717, 1.165) is 43.9 Å². The average molecular weight is 352 g/mol. The lowest BCUT2D eigenvalue weighted by Crippen LogP contribution is -2.59. The van der Waals surface area contributed by atoms with E-state index in [0.29, 0.717) is 17.7 Å². The van der Waals surface area contributed by atoms with E-state index < -0.39 is 0 Å². The summed E-state index contributed by atoms with van der Waals surface area (Å²) in [6.45, 7) is 2.74. The lowest BCUT2D eigenvalue weighted by Gasteiger charge is -2.48. The number of carbonyl (C=O) groups is 1. The highest BCUT2D eigenvalue weighted by Gasteiger charge is 2.53. The highest BCUT2D eigenvalue weighted by atomic mass is 16.5. The third-order valence-electron chi connectivity index (χ3n) is 6.07. The van der Waals surface area contributed by atoms with Crippen molar-refractivity contribution in [3.8, 4) is 11.5 Å². The lowest BCUT2D eigenvalue weighted by atomic mass is 9.77. The molecule has 1 amide bonds. The number of likely N-dealkylation sites (tertiary alicyclic amines) is 2. The van der Waals surface area contributed by atoms with Crippen molar-refractivity contribution in [2.24, 2.45) is 11.3 Å². The van der Waals surface area contributed by atoms with Gasteiger partial charge in [-0.2, -0.15) is 4.98 Å². The monoisotopic (exact) mass is 352 g/mol. The van der Waals surface area contributed by atoms with Gasteiger partial charge < -0.3 is 9.42 Å². The Hall–Kier alpha value is -2.21. The molecule has 3 heterocycles. The van der Waals surface area contributed by atoms with Crippen LogP contribution in [0.1, 0.15) is 37.5 Å². The molecule has 0 bridgehead atoms. The van der Waals surface area contributed by atoms with Gasteiger partial charge in [0.2, 0.25) is 5.91 Å². The maximum Gasteiger partial charge on any atom is 0.257 e. The Morgan fingerprint density at radius 2 is 2.00 bits per heavy atom. The number of benzene rings is 1. The van der Waals surface area contributed by atoms with Crippen molar-refractivity contribution < 1.29 is 9.32 Å². The Kier molecular flexibility index (Phi) is 3.64. The van der Waals surface area contributed by atoms with Gasteiger partial charge in [0.25, 0.3) is 5.89 Å². The summed E-state index contributed by atoms with van der Waals surface area (Å²) in [7, 11) is 2.12. The molecular weight excluding hydrogens is 328 g/mol. The van der Waals surface area contributed by atoms with Gasteiger partial charge in [-0.15, -0.1) is 0 Å². The molecule has 1 aromatic heterocycles. The molecule has 5 rings (SSSR count). The molecule has 1 spiro atoms. The second-order valence-electron chi connectivity index (χ2n) is 8.36. The second-order valence-corrected chi connectivity index (χ2v) is 8.36. The minimum Gasteiger partial charge on any atom is -0.341 e. The largest absolute Gasteiger partial charge is 0.341 e. The molecule has 3 fully saturated rings. The fourth-order valence-electron chi connectivity index (χ4n) is 4.49. The van der Waals surface area contributed by atoms with E-state index in [1.54, 1.807) is 0 Å². The third-order valence-corrected chi connectivity index (χ3v) is 6.07. The first-order valence-corrected chi connectivity index (χ1v) is 9.49. The van der Waals surface area contributed by atoms with Crippen molar-refractivity contribution in [1.29, 1.82) is 0 Å². The molecule has 6 nitrogen and oxygen atoms in total. The number of hydrogen-bond donors (Lipinski definition) is 0. The standard InChI is InChI=1S/C20H24N4O2/c1-23-11-20(12-24(13-20)17(25)9-14-7-8-14)10-16(23)18-21-19(26-22-18)15-5-3-2-4-6-15/h2-6,14,16H,7-13H2,1H3. The SMILES string of the molecule is CN1CC2(CC1c1noc(-c3ccccc3)n1)CN(C(=O)CC1CC1)C2. The quantitative estimate of drug-likeness (QED) is 0.847. The molecule has 0 N–H and O–H groups in total. The van der Waals surface area contributed by atoms with E-state index in [4.69, 9.17) is 4.52 Å². The zero-order valence-electron chi connectivity index (χ0n) is 15.1. The summed E-state index contributed by atoms with van der Waals surface area (Å²) in [4.78, 5) is 21.3. The molecule has 26 heavy (non-hydrogen) atoms. The molecule has 1 aromatic carbocycles. The van der Waals surface area contributed by atoms with Gasteiger partial charge in [-0.05, 0) is 44.4 Å². The minimum absolute atomic E-state index is 0.164. The van der Waals surface area contributed by atoms with E-state index in [9.17, 15) is 4.79 Å². The number of rotatable bonds is 4. The summed E-state index contributed by atoms with van der Waals surface area (Å²) in [6.07, 6.45) is 4.21. The number of nitrogens with zero attached hydrogens (tertiary/aromatic N) is 4. The smallest absolute Gasteiger partial charge is 0.257 e. The molecule has 2 aliphatic heterocycles. The number of carbonyl (C=O) groups excluding carboxylic acids is 1. The number of amides is 1. The van der Waals surface area contributed by atoms with Crippen LogP contribution in [-0.4, -0.2) is 52.5 Å². The van der Waals surface area contributed by atoms with Gasteiger partial charge in [-0.3, -0.25) is 9.69 Å². The molecule has 1 unspecified atom stereocenters. The van der Waals surface area contributed by atoms with Crippen molar-refractivity contribution in [2.45, 2.75) is 31.7 Å². The van der Waals surface area contributed by atoms with Gasteiger partial charge >= 0.3 is 0 Å². The maximum atomic E-state index is 12.3. The second kappa shape index (κ2) is 5.91. The van der Waals surface area contributed by atoms with Crippen molar-refractivity contribution >= 4 is 5.91 Å². The fourth-order valence-corrected chi connectivity index (χ4v) is 4.49. The van der Waals surface area contributed by atoms with Crippen LogP contribution < -0.4 is 0 Å². The summed E-state index contributed by atoms with van der Waals surface area (Å²) in [5.74, 6) is 2.33. The summed E-state index contributed by atoms with van der Waals surface area (Å²) >= 11 is 0. The summed E-state index contributed by atoms with van der Waals surface area (Å²) in [6, 6.07) is 10.0. The van der Waals surface area contributed by atoms with Gasteiger partial charge in [-0.25, -0.2) is 0 Å². The van der Waals surface area contributed by atoms with E-state index in [1.807, 2.05) is 35.2 Å². The predicted molar refractivity (Wildman–Crippen MR) is 96.1 cm³/mol. The highest BCUT2D eigenvalue weighted by Crippen LogP contribution is 2.48. The van der Waals surface area contributed by atoms with Crippen molar-refractivity contribution in [3.05, 3.63) is 36.2 Å². The summed E-state index contributed by atoms with van der Waals surface area (Å²) in [5.41, 5.74) is 1.15. The molecule has 1 saturated carbocycles. The van der Waals surface area contributed by atoms with Crippen LogP contribution in [0.2, 0.25) is 0 Å². The molecular formula is C20H24N4O2. The van der Waals surface area contributed by atoms with Crippen molar-refractivity contribution in [2.75, 3.05) is 26.7 Å². The molecule has 6 heteroatoms. The van der Waals surface area contributed by atoms with Crippen LogP contribution in [0, 0.1) is 11.3 Å². The molecule has 2 aromatic rings. The lowest BCUT2D eigenvalue weighted by molar-refractivity contribution is -0.143. The Morgan fingerprint density at radius 1 is 1.23 bits per heavy atom. The van der Waals surface area contributed by atoms with Crippen LogP contribution in [-0.2, 0) is 4.79 Å². The zero-order valence-corrected chi connectivity index (χ0v) is 15.1. The Labute approximate surface area is 153 Å². The molecule has 136 valence electrons. The maximum absolute atomic E-state index is 12.3. The van der Waals surface area contributed by atoms with E-state index in [1.165, 1.54) is 12.8 Å². The summed E-state index contributed by atoms with van der Waals surface area (Å²) in [5, 5.41) is 4.24. The Balaban J connectivity index is 1.26. The molecule has 2 saturated heterocycles. The average Bonchev–Trinajstić information content (AvgIpc) is 3.17. The molecule has 0 radical (unpaired) electrons. The molecule has 1 atom stereocenters. The first-order valence-electron chi connectivity index (χ1n) is 9.49. The van der Waals surface area contributed by atoms with E-state index in [2.05, 4.69) is 22.1 Å². The van der Waals surface area contributed by atoms with Gasteiger partial charge in [0, 0.05) is 37.0 Å². The van der Waals surface area contributed by atoms with Crippen LogP contribution in [0.5, 0.6) is 0 Å². The zero-order chi connectivity index (χ0) is 17.7. The van der Waals surface area contributed by atoms with Crippen LogP contribution in [0.3, 0.4) is 0 Å². The van der Waals surface area contributed by atoms with E-state index >= 15 is 0 Å². The topological polar surface area (TPSA) is 62.5 Å². The summed E-state index contributed by atoms with van der Waals surface area (Å²) < 4.78 is 5.49. The molecule has 1 aliphatic carbocycles. The Morgan fingerprint density at radius 3 is 2.73 bits per heavy atom. The van der Waals surface area contributed by atoms with Crippen LogP contribution in [0.4, 0.5) is 0 Å². The van der Waals surface area contributed by atoms with Crippen LogP contribution in [0.15, 0.2) is 34.9 Å². The predicted octanol–water partition coefficient (Wildman–Crippen LogP) is 2.74. The first-order chi connectivity index (χ1) is 12.6. The van der Waals surface area contributed by atoms with Gasteiger partial charge in [0.15, 0.2) is 5.82 Å². The first kappa shape index (κ1) is 16.0. The van der Waals surface area contributed by atoms with Crippen LogP contribution >= 0.6 is 0 Å². The number of hydrogen-bond acceptors (Lipinski definition) is 5. The van der Waals surface area contributed by atoms with Gasteiger partial charge in [0.05, 0.1) is 6.04 Å².